The number of amides is 1. The molecule has 1 aromatic heterocycles. The quantitative estimate of drug-likeness (QED) is 0.423. The van der Waals surface area contributed by atoms with Crippen molar-refractivity contribution in [3.63, 3.8) is 0 Å². The number of thiophene rings is 1. The second-order valence-corrected chi connectivity index (χ2v) is 9.48. The molecule has 0 aliphatic carbocycles. The van der Waals surface area contributed by atoms with E-state index in [4.69, 9.17) is 8.92 Å². The topological polar surface area (TPSA) is 72.9 Å². The van der Waals surface area contributed by atoms with Gasteiger partial charge in [-0.05, 0) is 55.1 Å². The van der Waals surface area contributed by atoms with E-state index < -0.39 is 10.1 Å². The molecule has 8 heteroatoms. The van der Waals surface area contributed by atoms with Gasteiger partial charge in [-0.15, -0.1) is 11.3 Å². The molecule has 1 atom stereocenters. The molecule has 0 fully saturated rings. The van der Waals surface area contributed by atoms with Crippen molar-refractivity contribution in [1.29, 1.82) is 0 Å². The maximum Gasteiger partial charge on any atom is 0.339 e. The van der Waals surface area contributed by atoms with E-state index in [9.17, 15) is 13.2 Å². The summed E-state index contributed by atoms with van der Waals surface area (Å²) in [5.74, 6) is 0.665. The van der Waals surface area contributed by atoms with Crippen LogP contribution in [0.2, 0.25) is 0 Å². The minimum atomic E-state index is -4.04. The molecule has 0 saturated carbocycles. The zero-order valence-corrected chi connectivity index (χ0v) is 19.3. The molecular weight excluding hydrogens is 434 g/mol. The fourth-order valence-electron chi connectivity index (χ4n) is 3.00. The maximum atomic E-state index is 13.1. The highest BCUT2D eigenvalue weighted by Gasteiger charge is 2.24. The van der Waals surface area contributed by atoms with Gasteiger partial charge in [-0.2, -0.15) is 8.42 Å². The van der Waals surface area contributed by atoms with Crippen LogP contribution in [0.4, 0.5) is 0 Å². The zero-order chi connectivity index (χ0) is 22.4. The number of carbonyl (C=O) groups is 1. The minimum absolute atomic E-state index is 0.0246. The molecule has 164 valence electrons. The molecular formula is C23H25NO5S2. The number of methoxy groups -OCH3 is 1. The van der Waals surface area contributed by atoms with Gasteiger partial charge in [0, 0.05) is 18.2 Å². The molecule has 0 aliphatic rings. The van der Waals surface area contributed by atoms with E-state index in [1.807, 2.05) is 25.3 Å². The second kappa shape index (κ2) is 9.98. The number of para-hydroxylation sites is 1. The smallest absolute Gasteiger partial charge is 0.339 e. The summed E-state index contributed by atoms with van der Waals surface area (Å²) in [5.41, 5.74) is 0.616. The van der Waals surface area contributed by atoms with Crippen molar-refractivity contribution in [3.05, 3.63) is 76.5 Å². The fourth-order valence-corrected chi connectivity index (χ4v) is 4.64. The minimum Gasteiger partial charge on any atom is -0.497 e. The Hall–Kier alpha value is -2.84. The zero-order valence-electron chi connectivity index (χ0n) is 17.6. The van der Waals surface area contributed by atoms with Crippen LogP contribution in [0.15, 0.2) is 70.9 Å². The van der Waals surface area contributed by atoms with Gasteiger partial charge < -0.3 is 13.8 Å². The van der Waals surface area contributed by atoms with Gasteiger partial charge in [0.1, 0.15) is 16.4 Å². The van der Waals surface area contributed by atoms with E-state index in [0.717, 1.165) is 6.42 Å². The van der Waals surface area contributed by atoms with Crippen LogP contribution in [0, 0.1) is 0 Å². The van der Waals surface area contributed by atoms with Gasteiger partial charge in [0.2, 0.25) is 0 Å². The van der Waals surface area contributed by atoms with E-state index in [1.165, 1.54) is 30.6 Å². The molecule has 0 unspecified atom stereocenters. The average molecular weight is 460 g/mol. The molecule has 1 heterocycles. The molecule has 1 amide bonds. The Morgan fingerprint density at radius 1 is 1.06 bits per heavy atom. The molecule has 0 spiro atoms. The number of hydrogen-bond donors (Lipinski definition) is 0. The van der Waals surface area contributed by atoms with Crippen LogP contribution < -0.4 is 8.92 Å². The normalized spacial score (nSPS) is 12.2. The molecule has 0 radical (unpaired) electrons. The predicted octanol–water partition coefficient (Wildman–Crippen LogP) is 4.97. The van der Waals surface area contributed by atoms with Crippen LogP contribution in [-0.2, 0) is 16.7 Å². The van der Waals surface area contributed by atoms with Gasteiger partial charge in [-0.25, -0.2) is 0 Å². The second-order valence-electron chi connectivity index (χ2n) is 6.99. The molecule has 31 heavy (non-hydrogen) atoms. The first-order valence-electron chi connectivity index (χ1n) is 9.86. The largest absolute Gasteiger partial charge is 0.497 e. The van der Waals surface area contributed by atoms with E-state index in [1.54, 1.807) is 47.4 Å². The van der Waals surface area contributed by atoms with E-state index in [-0.39, 0.29) is 29.1 Å². The number of ether oxygens (including phenoxy) is 1. The highest BCUT2D eigenvalue weighted by molar-refractivity contribution is 7.87. The van der Waals surface area contributed by atoms with Gasteiger partial charge >= 0.3 is 10.1 Å². The van der Waals surface area contributed by atoms with Crippen LogP contribution in [0.5, 0.6) is 11.5 Å². The maximum absolute atomic E-state index is 13.1. The first kappa shape index (κ1) is 22.8. The Bertz CT molecular complexity index is 1110. The first-order chi connectivity index (χ1) is 14.9. The lowest BCUT2D eigenvalue weighted by Gasteiger charge is -2.29. The van der Waals surface area contributed by atoms with Crippen LogP contribution in [-0.4, -0.2) is 32.4 Å². The third-order valence-corrected chi connectivity index (χ3v) is 7.08. The molecule has 0 bridgehead atoms. The summed E-state index contributed by atoms with van der Waals surface area (Å²) in [4.78, 5) is 15.5. The molecule has 3 aromatic rings. The molecule has 6 nitrogen and oxygen atoms in total. The number of hydrogen-bond acceptors (Lipinski definition) is 6. The van der Waals surface area contributed by atoms with E-state index in [0.29, 0.717) is 16.2 Å². The Kier molecular flexibility index (Phi) is 7.35. The molecule has 2 aromatic carbocycles. The van der Waals surface area contributed by atoms with Gasteiger partial charge in [-0.3, -0.25) is 4.79 Å². The van der Waals surface area contributed by atoms with Crippen molar-refractivity contribution in [2.75, 3.05) is 7.11 Å². The monoisotopic (exact) mass is 459 g/mol. The average Bonchev–Trinajstić information content (AvgIpc) is 3.32. The lowest BCUT2D eigenvalue weighted by Crippen LogP contribution is -2.37. The SMILES string of the molecule is CC[C@H](C)N(Cc1ccccc1OS(=O)(=O)c1ccc(OC)cc1)C(=O)c1cccs1. The van der Waals surface area contributed by atoms with Gasteiger partial charge in [-0.1, -0.05) is 31.2 Å². The Morgan fingerprint density at radius 2 is 1.77 bits per heavy atom. The van der Waals surface area contributed by atoms with Crippen molar-refractivity contribution in [2.24, 2.45) is 0 Å². The summed E-state index contributed by atoms with van der Waals surface area (Å²) in [5, 5.41) is 1.86. The van der Waals surface area contributed by atoms with Crippen LogP contribution in [0.1, 0.15) is 35.5 Å². The third kappa shape index (κ3) is 5.45. The number of nitrogens with zero attached hydrogens (tertiary/aromatic N) is 1. The Morgan fingerprint density at radius 3 is 2.39 bits per heavy atom. The summed E-state index contributed by atoms with van der Waals surface area (Å²) in [6, 6.07) is 16.5. The lowest BCUT2D eigenvalue weighted by atomic mass is 10.1. The van der Waals surface area contributed by atoms with Gasteiger partial charge in [0.25, 0.3) is 5.91 Å². The summed E-state index contributed by atoms with van der Waals surface area (Å²) in [6.45, 7) is 4.22. The molecule has 3 rings (SSSR count). The standard InChI is InChI=1S/C23H25NO5S2/c1-4-17(2)24(23(25)22-10-7-15-30-22)16-18-8-5-6-9-21(18)29-31(26,27)20-13-11-19(28-3)12-14-20/h5-15,17H,4,16H2,1-3H3/t17-/m0/s1. The third-order valence-electron chi connectivity index (χ3n) is 4.98. The van der Waals surface area contributed by atoms with E-state index >= 15 is 0 Å². The van der Waals surface area contributed by atoms with Crippen molar-refractivity contribution >= 4 is 27.4 Å². The first-order valence-corrected chi connectivity index (χ1v) is 12.2. The van der Waals surface area contributed by atoms with Gasteiger partial charge in [0.15, 0.2) is 0 Å². The Labute approximate surface area is 187 Å². The van der Waals surface area contributed by atoms with E-state index in [2.05, 4.69) is 0 Å². The molecule has 0 aliphatic heterocycles. The fraction of sp³-hybridized carbons (Fsp3) is 0.261. The number of rotatable bonds is 9. The summed E-state index contributed by atoms with van der Waals surface area (Å²) in [7, 11) is -2.53. The van der Waals surface area contributed by atoms with Crippen molar-refractivity contribution < 1.29 is 22.1 Å². The highest BCUT2D eigenvalue weighted by Crippen LogP contribution is 2.27. The van der Waals surface area contributed by atoms with Crippen LogP contribution >= 0.6 is 11.3 Å². The number of carbonyl (C=O) groups excluding carboxylic acids is 1. The highest BCUT2D eigenvalue weighted by atomic mass is 32.2. The van der Waals surface area contributed by atoms with Crippen LogP contribution in [0.25, 0.3) is 0 Å². The van der Waals surface area contributed by atoms with Crippen molar-refractivity contribution in [1.82, 2.24) is 4.90 Å². The summed E-state index contributed by atoms with van der Waals surface area (Å²) < 4.78 is 36.2. The lowest BCUT2D eigenvalue weighted by molar-refractivity contribution is 0.0676. The summed E-state index contributed by atoms with van der Waals surface area (Å²) >= 11 is 1.38. The summed E-state index contributed by atoms with van der Waals surface area (Å²) in [6.07, 6.45) is 0.768. The van der Waals surface area contributed by atoms with Crippen LogP contribution in [0.3, 0.4) is 0 Å². The van der Waals surface area contributed by atoms with Gasteiger partial charge in [0.05, 0.1) is 12.0 Å². The predicted molar refractivity (Wildman–Crippen MR) is 121 cm³/mol. The number of benzene rings is 2. The molecule has 0 saturated heterocycles. The van der Waals surface area contributed by atoms with Crippen molar-refractivity contribution in [2.45, 2.75) is 37.8 Å². The van der Waals surface area contributed by atoms with Crippen molar-refractivity contribution in [3.8, 4) is 11.5 Å². The Balaban J connectivity index is 1.88. The molecule has 0 N–H and O–H groups in total.